The number of hydrogen-bond donors (Lipinski definition) is 2. The fourth-order valence-corrected chi connectivity index (χ4v) is 5.34. The second-order valence-corrected chi connectivity index (χ2v) is 8.21. The molecule has 4 atom stereocenters. The summed E-state index contributed by atoms with van der Waals surface area (Å²) in [6, 6.07) is 5.55. The second-order valence-electron chi connectivity index (χ2n) is 7.07. The Morgan fingerprint density at radius 1 is 1.41 bits per heavy atom. The van der Waals surface area contributed by atoms with Crippen molar-refractivity contribution in [1.29, 1.82) is 0 Å². The van der Waals surface area contributed by atoms with E-state index in [4.69, 9.17) is 0 Å². The Labute approximate surface area is 160 Å². The van der Waals surface area contributed by atoms with Gasteiger partial charge in [0.05, 0.1) is 23.8 Å². The second kappa shape index (κ2) is 6.69. The van der Waals surface area contributed by atoms with E-state index in [1.54, 1.807) is 6.92 Å². The third-order valence-corrected chi connectivity index (χ3v) is 6.63. The first-order chi connectivity index (χ1) is 12.9. The normalized spacial score (nSPS) is 25.7. The molecule has 2 aromatic rings. The molecule has 1 fully saturated rings. The van der Waals surface area contributed by atoms with E-state index in [2.05, 4.69) is 4.98 Å². The van der Waals surface area contributed by atoms with Gasteiger partial charge in [-0.2, -0.15) is 0 Å². The summed E-state index contributed by atoms with van der Waals surface area (Å²) in [5.41, 5.74) is 1.90. The molecule has 0 saturated carbocycles. The zero-order valence-corrected chi connectivity index (χ0v) is 15.9. The van der Waals surface area contributed by atoms with E-state index in [1.165, 1.54) is 16.7 Å². The highest BCUT2D eigenvalue weighted by Gasteiger charge is 2.59. The molecule has 8 heteroatoms. The fourth-order valence-electron chi connectivity index (χ4n) is 4.09. The van der Waals surface area contributed by atoms with E-state index in [0.717, 1.165) is 11.3 Å². The molecule has 0 unspecified atom stereocenters. The minimum absolute atomic E-state index is 0.0781. The number of carbonyl (C=O) groups excluding carboxylic acids is 1. The topological polar surface area (TPSA) is 95.1 Å². The number of nitrogens with zero attached hydrogens (tertiary/aromatic N) is 3. The van der Waals surface area contributed by atoms with Crippen LogP contribution in [0.4, 0.5) is 0 Å². The minimum Gasteiger partial charge on any atom is -0.477 e. The molecule has 142 valence electrons. The number of carboxylic acids is 1. The zero-order chi connectivity index (χ0) is 19.3. The Morgan fingerprint density at radius 3 is 2.85 bits per heavy atom. The number of imidazole rings is 1. The van der Waals surface area contributed by atoms with Crippen LogP contribution >= 0.6 is 11.8 Å². The standard InChI is InChI=1S/C19H21N3O4S/c1-10-15-14(11(2)23)18(24)22(15)16(19(25)26)17(10)27-8-6-12-9-21-7-4-3-5-13(21)20-12/h3-5,7,9-11,14-15,23H,6,8H2,1-2H3,(H,25,26)/t10-,11-,14+,15+/m1/s1. The molecule has 27 heavy (non-hydrogen) atoms. The summed E-state index contributed by atoms with van der Waals surface area (Å²) in [4.78, 5) is 30.7. The number of hydrogen-bond acceptors (Lipinski definition) is 5. The maximum atomic E-state index is 12.3. The summed E-state index contributed by atoms with van der Waals surface area (Å²) in [5.74, 6) is -1.33. The number of pyridine rings is 1. The number of aliphatic hydroxyl groups is 1. The van der Waals surface area contributed by atoms with Gasteiger partial charge in [-0.05, 0) is 19.1 Å². The van der Waals surface area contributed by atoms with Gasteiger partial charge < -0.3 is 19.5 Å². The molecule has 1 saturated heterocycles. The quantitative estimate of drug-likeness (QED) is 0.734. The summed E-state index contributed by atoms with van der Waals surface area (Å²) < 4.78 is 1.96. The number of amides is 1. The molecular formula is C19H21N3O4S. The van der Waals surface area contributed by atoms with Crippen molar-refractivity contribution in [3.8, 4) is 0 Å². The molecule has 2 aliphatic heterocycles. The van der Waals surface area contributed by atoms with Gasteiger partial charge in [0.15, 0.2) is 0 Å². The smallest absolute Gasteiger partial charge is 0.353 e. The number of fused-ring (bicyclic) bond motifs is 2. The molecule has 2 aromatic heterocycles. The number of aliphatic carboxylic acids is 1. The summed E-state index contributed by atoms with van der Waals surface area (Å²) >= 11 is 1.47. The molecule has 0 radical (unpaired) electrons. The molecule has 7 nitrogen and oxygen atoms in total. The molecule has 4 heterocycles. The van der Waals surface area contributed by atoms with Gasteiger partial charge in [0.2, 0.25) is 5.91 Å². The molecule has 0 aliphatic carbocycles. The average molecular weight is 387 g/mol. The van der Waals surface area contributed by atoms with Crippen LogP contribution in [0.25, 0.3) is 5.65 Å². The summed E-state index contributed by atoms with van der Waals surface area (Å²) in [6.07, 6.45) is 3.84. The predicted octanol–water partition coefficient (Wildman–Crippen LogP) is 1.76. The Hall–Kier alpha value is -2.32. The lowest BCUT2D eigenvalue weighted by molar-refractivity contribution is -0.163. The monoisotopic (exact) mass is 387 g/mol. The molecule has 1 amide bonds. The highest BCUT2D eigenvalue weighted by atomic mass is 32.2. The fraction of sp³-hybridized carbons (Fsp3) is 0.421. The highest BCUT2D eigenvalue weighted by Crippen LogP contribution is 2.50. The van der Waals surface area contributed by atoms with Gasteiger partial charge in [0, 0.05) is 35.4 Å². The van der Waals surface area contributed by atoms with Crippen LogP contribution < -0.4 is 0 Å². The highest BCUT2D eigenvalue weighted by molar-refractivity contribution is 8.03. The summed E-state index contributed by atoms with van der Waals surface area (Å²) in [7, 11) is 0. The first-order valence-corrected chi connectivity index (χ1v) is 9.92. The number of rotatable bonds is 6. The van der Waals surface area contributed by atoms with Gasteiger partial charge in [0.25, 0.3) is 0 Å². The van der Waals surface area contributed by atoms with Crippen LogP contribution in [0, 0.1) is 11.8 Å². The van der Waals surface area contributed by atoms with Crippen LogP contribution in [0.1, 0.15) is 19.5 Å². The lowest BCUT2D eigenvalue weighted by atomic mass is 9.79. The first-order valence-electron chi connectivity index (χ1n) is 8.94. The van der Waals surface area contributed by atoms with Crippen molar-refractivity contribution in [2.24, 2.45) is 11.8 Å². The van der Waals surface area contributed by atoms with Crippen LogP contribution in [-0.4, -0.2) is 54.3 Å². The molecule has 0 aromatic carbocycles. The van der Waals surface area contributed by atoms with E-state index >= 15 is 0 Å². The van der Waals surface area contributed by atoms with Gasteiger partial charge >= 0.3 is 5.97 Å². The maximum Gasteiger partial charge on any atom is 0.353 e. The largest absolute Gasteiger partial charge is 0.477 e. The first kappa shape index (κ1) is 18.1. The van der Waals surface area contributed by atoms with E-state index in [9.17, 15) is 19.8 Å². The van der Waals surface area contributed by atoms with Gasteiger partial charge in [-0.25, -0.2) is 9.78 Å². The van der Waals surface area contributed by atoms with Crippen LogP contribution in [0.5, 0.6) is 0 Å². The van der Waals surface area contributed by atoms with Crippen molar-refractivity contribution in [2.75, 3.05) is 5.75 Å². The number of aryl methyl sites for hydroxylation is 1. The van der Waals surface area contributed by atoms with Gasteiger partial charge in [-0.3, -0.25) is 4.79 Å². The Kier molecular flexibility index (Phi) is 4.47. The van der Waals surface area contributed by atoms with Gasteiger partial charge in [-0.1, -0.05) is 13.0 Å². The SMILES string of the molecule is C[C@@H](O)[C@@H]1C(=O)N2C(C(=O)O)=C(SCCc3cn4ccccc4n3)[C@H](C)[C@@H]12. The van der Waals surface area contributed by atoms with Crippen molar-refractivity contribution in [2.45, 2.75) is 32.4 Å². The summed E-state index contributed by atoms with van der Waals surface area (Å²) in [6.45, 7) is 3.52. The zero-order valence-electron chi connectivity index (χ0n) is 15.1. The Balaban J connectivity index is 1.50. The number of thioether (sulfide) groups is 1. The molecule has 4 rings (SSSR count). The van der Waals surface area contributed by atoms with E-state index in [-0.39, 0.29) is 23.6 Å². The van der Waals surface area contributed by atoms with Crippen LogP contribution in [0.2, 0.25) is 0 Å². The third kappa shape index (κ3) is 2.83. The van der Waals surface area contributed by atoms with E-state index in [1.807, 2.05) is 41.9 Å². The van der Waals surface area contributed by atoms with Crippen molar-refractivity contribution in [1.82, 2.24) is 14.3 Å². The van der Waals surface area contributed by atoms with Crippen LogP contribution in [0.15, 0.2) is 41.2 Å². The predicted molar refractivity (Wildman–Crippen MR) is 101 cm³/mol. The third-order valence-electron chi connectivity index (χ3n) is 5.34. The number of aliphatic hydroxyl groups excluding tert-OH is 1. The van der Waals surface area contributed by atoms with Crippen LogP contribution in [0.3, 0.4) is 0 Å². The average Bonchev–Trinajstić information content (AvgIpc) is 3.12. The van der Waals surface area contributed by atoms with Crippen molar-refractivity contribution in [3.05, 3.63) is 46.9 Å². The number of aromatic nitrogens is 2. The molecular weight excluding hydrogens is 366 g/mol. The van der Waals surface area contributed by atoms with Crippen molar-refractivity contribution < 1.29 is 19.8 Å². The molecule has 2 N–H and O–H groups in total. The maximum absolute atomic E-state index is 12.3. The van der Waals surface area contributed by atoms with Gasteiger partial charge in [0.1, 0.15) is 11.3 Å². The minimum atomic E-state index is -1.09. The Bertz CT molecular complexity index is 918. The Morgan fingerprint density at radius 2 is 2.19 bits per heavy atom. The summed E-state index contributed by atoms with van der Waals surface area (Å²) in [5, 5.41) is 19.5. The molecule has 2 aliphatic rings. The van der Waals surface area contributed by atoms with E-state index < -0.39 is 18.0 Å². The lowest BCUT2D eigenvalue weighted by Gasteiger charge is -2.46. The molecule has 0 spiro atoms. The lowest BCUT2D eigenvalue weighted by Crippen LogP contribution is -2.63. The van der Waals surface area contributed by atoms with Crippen LogP contribution in [-0.2, 0) is 16.0 Å². The van der Waals surface area contributed by atoms with E-state index in [0.29, 0.717) is 17.1 Å². The van der Waals surface area contributed by atoms with Crippen molar-refractivity contribution in [3.63, 3.8) is 0 Å². The van der Waals surface area contributed by atoms with Gasteiger partial charge in [-0.15, -0.1) is 11.8 Å². The number of carboxylic acid groups (broad SMARTS) is 1. The van der Waals surface area contributed by atoms with Crippen molar-refractivity contribution >= 4 is 29.3 Å². The number of β-lactam (4-membered cyclic amide) rings is 1. The molecule has 0 bridgehead atoms. The number of carbonyl (C=O) groups is 2.